The number of carbonyl (C=O) groups is 1. The molecule has 1 fully saturated rings. The van der Waals surface area contributed by atoms with Crippen molar-refractivity contribution in [2.75, 3.05) is 6.54 Å². The van der Waals surface area contributed by atoms with Crippen molar-refractivity contribution in [3.63, 3.8) is 0 Å². The summed E-state index contributed by atoms with van der Waals surface area (Å²) < 4.78 is 0. The van der Waals surface area contributed by atoms with Gasteiger partial charge in [0.05, 0.1) is 0 Å². The van der Waals surface area contributed by atoms with Gasteiger partial charge >= 0.3 is 0 Å². The van der Waals surface area contributed by atoms with Crippen LogP contribution < -0.4 is 5.32 Å². The number of rotatable bonds is 1. The molecule has 0 unspecified atom stereocenters. The summed E-state index contributed by atoms with van der Waals surface area (Å²) in [6.07, 6.45) is 6.72. The highest BCUT2D eigenvalue weighted by atomic mass is 16.1. The lowest BCUT2D eigenvalue weighted by Crippen LogP contribution is -2.58. The SMILES string of the molecule is CC(=O)C1=C[C@]23CCN[C@H](Cc4ccccc42)[C@@H]3CC1. The first-order valence-corrected chi connectivity index (χ1v) is 7.75. The van der Waals surface area contributed by atoms with Crippen LogP contribution in [0.15, 0.2) is 35.9 Å². The van der Waals surface area contributed by atoms with Crippen LogP contribution in [0.2, 0.25) is 0 Å². The molecule has 0 radical (unpaired) electrons. The van der Waals surface area contributed by atoms with Gasteiger partial charge in [0.25, 0.3) is 0 Å². The number of carbonyl (C=O) groups excluding carboxylic acids is 1. The molecule has 3 atom stereocenters. The lowest BCUT2D eigenvalue weighted by atomic mass is 9.54. The number of Topliss-reactive ketones (excluding diaryl/α,β-unsaturated/α-hetero) is 1. The molecule has 1 aromatic rings. The summed E-state index contributed by atoms with van der Waals surface area (Å²) >= 11 is 0. The predicted molar refractivity (Wildman–Crippen MR) is 79.7 cm³/mol. The first kappa shape index (κ1) is 12.3. The number of hydrogen-bond acceptors (Lipinski definition) is 2. The van der Waals surface area contributed by atoms with E-state index < -0.39 is 0 Å². The third-order valence-corrected chi connectivity index (χ3v) is 5.66. The van der Waals surface area contributed by atoms with E-state index in [4.69, 9.17) is 0 Å². The van der Waals surface area contributed by atoms with E-state index in [0.717, 1.165) is 37.8 Å². The average Bonchev–Trinajstić information content (AvgIpc) is 2.46. The molecule has 2 heteroatoms. The average molecular weight is 267 g/mol. The van der Waals surface area contributed by atoms with Gasteiger partial charge in [0.15, 0.2) is 5.78 Å². The Balaban J connectivity index is 1.94. The van der Waals surface area contributed by atoms with Crippen LogP contribution in [0.1, 0.15) is 37.3 Å². The van der Waals surface area contributed by atoms with Crippen molar-refractivity contribution in [2.45, 2.75) is 44.1 Å². The van der Waals surface area contributed by atoms with Crippen LogP contribution in [-0.4, -0.2) is 18.4 Å². The smallest absolute Gasteiger partial charge is 0.155 e. The van der Waals surface area contributed by atoms with E-state index in [1.807, 2.05) is 0 Å². The van der Waals surface area contributed by atoms with Crippen molar-refractivity contribution in [3.8, 4) is 0 Å². The van der Waals surface area contributed by atoms with Gasteiger partial charge in [-0.15, -0.1) is 0 Å². The summed E-state index contributed by atoms with van der Waals surface area (Å²) in [5, 5.41) is 3.72. The van der Waals surface area contributed by atoms with Gasteiger partial charge in [-0.1, -0.05) is 30.3 Å². The maximum absolute atomic E-state index is 11.9. The Labute approximate surface area is 120 Å². The number of ketones is 1. The molecule has 2 bridgehead atoms. The van der Waals surface area contributed by atoms with Crippen molar-refractivity contribution >= 4 is 5.78 Å². The Morgan fingerprint density at radius 3 is 3.05 bits per heavy atom. The lowest BCUT2D eigenvalue weighted by Gasteiger charge is -2.54. The van der Waals surface area contributed by atoms with Crippen LogP contribution in [0.3, 0.4) is 0 Å². The molecule has 1 heterocycles. The zero-order chi connectivity index (χ0) is 13.7. The minimum absolute atomic E-state index is 0.115. The summed E-state index contributed by atoms with van der Waals surface area (Å²) in [7, 11) is 0. The van der Waals surface area contributed by atoms with Crippen molar-refractivity contribution in [1.82, 2.24) is 5.32 Å². The van der Waals surface area contributed by atoms with Crippen molar-refractivity contribution in [2.24, 2.45) is 5.92 Å². The summed E-state index contributed by atoms with van der Waals surface area (Å²) in [5.41, 5.74) is 4.13. The van der Waals surface area contributed by atoms with Crippen LogP contribution >= 0.6 is 0 Å². The van der Waals surface area contributed by atoms with Gasteiger partial charge in [0, 0.05) is 11.5 Å². The molecule has 0 amide bonds. The normalized spacial score (nSPS) is 34.8. The van der Waals surface area contributed by atoms with E-state index >= 15 is 0 Å². The molecular weight excluding hydrogens is 246 g/mol. The molecule has 2 aliphatic carbocycles. The summed E-state index contributed by atoms with van der Waals surface area (Å²) in [6.45, 7) is 2.78. The molecule has 1 aromatic carbocycles. The van der Waals surface area contributed by atoms with Gasteiger partial charge in [0.2, 0.25) is 0 Å². The zero-order valence-electron chi connectivity index (χ0n) is 12.0. The van der Waals surface area contributed by atoms with Crippen LogP contribution in [0.25, 0.3) is 0 Å². The monoisotopic (exact) mass is 267 g/mol. The van der Waals surface area contributed by atoms with Crippen molar-refractivity contribution in [1.29, 1.82) is 0 Å². The van der Waals surface area contributed by atoms with E-state index in [-0.39, 0.29) is 11.2 Å². The standard InChI is InChI=1S/C18H21NO/c1-12(20)14-6-7-16-17-10-13-4-2-3-5-15(13)18(16,11-14)8-9-19-17/h2-5,11,16-17,19H,6-10H2,1H3/t16-,17+,18+/m0/s1. The number of hydrogen-bond donors (Lipinski definition) is 1. The Morgan fingerprint density at radius 2 is 2.20 bits per heavy atom. The highest BCUT2D eigenvalue weighted by molar-refractivity contribution is 5.93. The predicted octanol–water partition coefficient (Wildman–Crippen LogP) is 2.77. The van der Waals surface area contributed by atoms with Gasteiger partial charge in [-0.3, -0.25) is 4.79 Å². The van der Waals surface area contributed by atoms with Crippen LogP contribution in [-0.2, 0) is 16.6 Å². The van der Waals surface area contributed by atoms with Crippen LogP contribution in [0, 0.1) is 5.92 Å². The molecule has 104 valence electrons. The number of fused-ring (bicyclic) bond motifs is 1. The van der Waals surface area contributed by atoms with Crippen LogP contribution in [0.4, 0.5) is 0 Å². The second-order valence-corrected chi connectivity index (χ2v) is 6.58. The quantitative estimate of drug-likeness (QED) is 0.847. The zero-order valence-corrected chi connectivity index (χ0v) is 12.0. The molecule has 4 rings (SSSR count). The Morgan fingerprint density at radius 1 is 1.35 bits per heavy atom. The molecule has 20 heavy (non-hydrogen) atoms. The third-order valence-electron chi connectivity index (χ3n) is 5.66. The summed E-state index contributed by atoms with van der Waals surface area (Å²) in [6, 6.07) is 9.45. The summed E-state index contributed by atoms with van der Waals surface area (Å²) in [5.74, 6) is 0.921. The minimum Gasteiger partial charge on any atom is -0.313 e. The molecule has 0 aromatic heterocycles. The maximum Gasteiger partial charge on any atom is 0.155 e. The molecule has 0 saturated carbocycles. The van der Waals surface area contributed by atoms with Crippen molar-refractivity contribution in [3.05, 3.63) is 47.0 Å². The van der Waals surface area contributed by atoms with E-state index in [1.165, 1.54) is 11.1 Å². The number of benzene rings is 1. The van der Waals surface area contributed by atoms with Crippen LogP contribution in [0.5, 0.6) is 0 Å². The molecule has 3 aliphatic rings. The van der Waals surface area contributed by atoms with Gasteiger partial charge in [-0.25, -0.2) is 0 Å². The minimum atomic E-state index is 0.115. The van der Waals surface area contributed by atoms with Gasteiger partial charge < -0.3 is 5.32 Å². The Bertz CT molecular complexity index is 603. The number of nitrogens with one attached hydrogen (secondary N) is 1. The summed E-state index contributed by atoms with van der Waals surface area (Å²) in [4.78, 5) is 11.9. The fourth-order valence-electron chi connectivity index (χ4n) is 4.78. The fraction of sp³-hybridized carbons (Fsp3) is 0.500. The number of piperidine rings is 1. The van der Waals surface area contributed by atoms with E-state index in [0.29, 0.717) is 12.0 Å². The first-order valence-electron chi connectivity index (χ1n) is 7.75. The van der Waals surface area contributed by atoms with Gasteiger partial charge in [-0.05, 0) is 61.8 Å². The van der Waals surface area contributed by atoms with E-state index in [9.17, 15) is 4.79 Å². The Hall–Kier alpha value is -1.41. The topological polar surface area (TPSA) is 29.1 Å². The van der Waals surface area contributed by atoms with Crippen molar-refractivity contribution < 1.29 is 4.79 Å². The molecule has 1 N–H and O–H groups in total. The second-order valence-electron chi connectivity index (χ2n) is 6.58. The highest BCUT2D eigenvalue weighted by Crippen LogP contribution is 2.52. The second kappa shape index (κ2) is 4.29. The van der Waals surface area contributed by atoms with Gasteiger partial charge in [-0.2, -0.15) is 0 Å². The number of allylic oxidation sites excluding steroid dienone is 2. The largest absolute Gasteiger partial charge is 0.313 e. The van der Waals surface area contributed by atoms with E-state index in [1.54, 1.807) is 6.92 Å². The Kier molecular flexibility index (Phi) is 2.65. The third kappa shape index (κ3) is 1.58. The first-order chi connectivity index (χ1) is 9.71. The molecular formula is C18H21NO. The molecule has 1 saturated heterocycles. The molecule has 2 nitrogen and oxygen atoms in total. The van der Waals surface area contributed by atoms with Gasteiger partial charge in [0.1, 0.15) is 0 Å². The van der Waals surface area contributed by atoms with E-state index in [2.05, 4.69) is 35.7 Å². The molecule has 0 spiro atoms. The molecule has 1 aliphatic heterocycles. The lowest BCUT2D eigenvalue weighted by molar-refractivity contribution is -0.114. The highest BCUT2D eigenvalue weighted by Gasteiger charge is 2.50. The fourth-order valence-corrected chi connectivity index (χ4v) is 4.78. The maximum atomic E-state index is 11.9.